The van der Waals surface area contributed by atoms with Crippen LogP contribution in [0.5, 0.6) is 0 Å². The number of carbonyl (C=O) groups is 2. The number of nitrogens with one attached hydrogen (secondary N) is 2. The molecule has 2 aromatic rings. The lowest BCUT2D eigenvalue weighted by atomic mass is 10.1. The van der Waals surface area contributed by atoms with E-state index in [1.807, 2.05) is 6.07 Å². The van der Waals surface area contributed by atoms with Gasteiger partial charge in [-0.25, -0.2) is 0 Å². The first-order chi connectivity index (χ1) is 11.5. The summed E-state index contributed by atoms with van der Waals surface area (Å²) in [6.45, 7) is 1.49. The summed E-state index contributed by atoms with van der Waals surface area (Å²) in [6, 6.07) is 15.6. The fraction of sp³-hybridized carbons (Fsp3) is 0.0556. The van der Waals surface area contributed by atoms with Crippen molar-refractivity contribution in [1.82, 2.24) is 0 Å². The number of carbonyl (C=O) groups excluding carboxylic acids is 2. The van der Waals surface area contributed by atoms with Crippen molar-refractivity contribution in [2.75, 3.05) is 10.6 Å². The molecule has 24 heavy (non-hydrogen) atoms. The molecule has 2 rings (SSSR count). The smallest absolute Gasteiger partial charge is 0.267 e. The van der Waals surface area contributed by atoms with Gasteiger partial charge in [0.1, 0.15) is 11.6 Å². The van der Waals surface area contributed by atoms with Crippen LogP contribution in [0.25, 0.3) is 0 Å². The molecule has 0 aromatic heterocycles. The fourth-order valence-corrected chi connectivity index (χ4v) is 2.10. The monoisotopic (exact) mass is 383 g/mol. The molecule has 0 fully saturated rings. The van der Waals surface area contributed by atoms with E-state index in [0.29, 0.717) is 16.9 Å². The molecular weight excluding hydrogens is 370 g/mol. The standard InChI is InChI=1S/C18H14BrN3O2/c1-12(23)13-2-6-16(7-3-13)21-11-14(10-20)18(24)22-17-8-4-15(19)5-9-17/h2-9,11,21H,1H3,(H,22,24)/b14-11-. The molecule has 0 aliphatic heterocycles. The van der Waals surface area contributed by atoms with Crippen molar-refractivity contribution in [1.29, 1.82) is 5.26 Å². The van der Waals surface area contributed by atoms with E-state index in [1.165, 1.54) is 13.1 Å². The fourth-order valence-electron chi connectivity index (χ4n) is 1.84. The van der Waals surface area contributed by atoms with Gasteiger partial charge in [0.25, 0.3) is 5.91 Å². The second kappa shape index (κ2) is 8.09. The number of halogens is 1. The van der Waals surface area contributed by atoms with Gasteiger partial charge in [-0.2, -0.15) is 5.26 Å². The minimum atomic E-state index is -0.507. The van der Waals surface area contributed by atoms with E-state index in [4.69, 9.17) is 5.26 Å². The van der Waals surface area contributed by atoms with E-state index in [-0.39, 0.29) is 11.4 Å². The second-order valence-corrected chi connectivity index (χ2v) is 5.82. The Balaban J connectivity index is 2.05. The van der Waals surface area contributed by atoms with Crippen LogP contribution < -0.4 is 10.6 Å². The quantitative estimate of drug-likeness (QED) is 0.462. The molecule has 6 heteroatoms. The van der Waals surface area contributed by atoms with Gasteiger partial charge >= 0.3 is 0 Å². The van der Waals surface area contributed by atoms with E-state index in [0.717, 1.165) is 4.47 Å². The Morgan fingerprint density at radius 1 is 1.04 bits per heavy atom. The third-order valence-corrected chi connectivity index (χ3v) is 3.67. The van der Waals surface area contributed by atoms with E-state index in [2.05, 4.69) is 26.6 Å². The van der Waals surface area contributed by atoms with Crippen molar-refractivity contribution >= 4 is 39.0 Å². The Labute approximate surface area is 148 Å². The first kappa shape index (κ1) is 17.4. The van der Waals surface area contributed by atoms with Crippen molar-refractivity contribution in [2.24, 2.45) is 0 Å². The molecule has 0 saturated heterocycles. The zero-order valence-electron chi connectivity index (χ0n) is 12.8. The maximum absolute atomic E-state index is 12.1. The molecule has 0 saturated carbocycles. The highest BCUT2D eigenvalue weighted by molar-refractivity contribution is 9.10. The molecule has 0 spiro atoms. The topological polar surface area (TPSA) is 82.0 Å². The predicted molar refractivity (Wildman–Crippen MR) is 96.5 cm³/mol. The summed E-state index contributed by atoms with van der Waals surface area (Å²) >= 11 is 3.31. The van der Waals surface area contributed by atoms with E-state index in [1.54, 1.807) is 48.5 Å². The molecule has 0 atom stereocenters. The average molecular weight is 384 g/mol. The normalized spacial score (nSPS) is 10.6. The summed E-state index contributed by atoms with van der Waals surface area (Å²) in [5, 5.41) is 14.7. The molecule has 0 heterocycles. The zero-order chi connectivity index (χ0) is 17.5. The van der Waals surface area contributed by atoms with Gasteiger partial charge in [0.15, 0.2) is 5.78 Å². The lowest BCUT2D eigenvalue weighted by Gasteiger charge is -2.06. The Bertz CT molecular complexity index is 819. The van der Waals surface area contributed by atoms with Crippen LogP contribution >= 0.6 is 15.9 Å². The summed E-state index contributed by atoms with van der Waals surface area (Å²) in [5.74, 6) is -0.531. The molecule has 0 unspecified atom stereocenters. The molecule has 2 aromatic carbocycles. The molecule has 0 bridgehead atoms. The minimum Gasteiger partial charge on any atom is -0.360 e. The van der Waals surface area contributed by atoms with Crippen molar-refractivity contribution in [3.63, 3.8) is 0 Å². The summed E-state index contributed by atoms with van der Waals surface area (Å²) in [6.07, 6.45) is 1.33. The number of Topliss-reactive ketones (excluding diaryl/α,β-unsaturated/α-hetero) is 1. The predicted octanol–water partition coefficient (Wildman–Crippen LogP) is 4.11. The number of benzene rings is 2. The average Bonchev–Trinajstić information content (AvgIpc) is 2.58. The van der Waals surface area contributed by atoms with Crippen molar-refractivity contribution in [3.05, 3.63) is 70.3 Å². The number of hydrogen-bond donors (Lipinski definition) is 2. The summed E-state index contributed by atoms with van der Waals surface area (Å²) in [4.78, 5) is 23.3. The van der Waals surface area contributed by atoms with Crippen LogP contribution in [0.2, 0.25) is 0 Å². The highest BCUT2D eigenvalue weighted by Gasteiger charge is 2.09. The number of ketones is 1. The van der Waals surface area contributed by atoms with E-state index in [9.17, 15) is 9.59 Å². The highest BCUT2D eigenvalue weighted by Crippen LogP contribution is 2.15. The lowest BCUT2D eigenvalue weighted by Crippen LogP contribution is -2.14. The SMILES string of the molecule is CC(=O)c1ccc(N/C=C(/C#N)C(=O)Nc2ccc(Br)cc2)cc1. The van der Waals surface area contributed by atoms with Crippen LogP contribution in [-0.4, -0.2) is 11.7 Å². The van der Waals surface area contributed by atoms with Crippen LogP contribution in [0.3, 0.4) is 0 Å². The van der Waals surface area contributed by atoms with Crippen molar-refractivity contribution in [3.8, 4) is 6.07 Å². The van der Waals surface area contributed by atoms with Crippen LogP contribution in [0, 0.1) is 11.3 Å². The van der Waals surface area contributed by atoms with E-state index >= 15 is 0 Å². The van der Waals surface area contributed by atoms with E-state index < -0.39 is 5.91 Å². The molecule has 120 valence electrons. The Kier molecular flexibility index (Phi) is 5.88. The van der Waals surface area contributed by atoms with Gasteiger partial charge in [-0.3, -0.25) is 9.59 Å². The van der Waals surface area contributed by atoms with Crippen LogP contribution in [0.1, 0.15) is 17.3 Å². The number of nitrogens with zero attached hydrogens (tertiary/aromatic N) is 1. The Morgan fingerprint density at radius 2 is 1.62 bits per heavy atom. The third kappa shape index (κ3) is 4.80. The number of amides is 1. The largest absolute Gasteiger partial charge is 0.360 e. The van der Waals surface area contributed by atoms with Crippen LogP contribution in [-0.2, 0) is 4.79 Å². The molecule has 0 aliphatic rings. The number of anilines is 2. The Morgan fingerprint density at radius 3 is 2.17 bits per heavy atom. The van der Waals surface area contributed by atoms with Gasteiger partial charge in [-0.05, 0) is 55.5 Å². The lowest BCUT2D eigenvalue weighted by molar-refractivity contribution is -0.112. The van der Waals surface area contributed by atoms with Gasteiger partial charge in [0, 0.05) is 27.6 Å². The Hall–Kier alpha value is -2.91. The summed E-state index contributed by atoms with van der Waals surface area (Å²) < 4.78 is 0.896. The highest BCUT2D eigenvalue weighted by atomic mass is 79.9. The minimum absolute atomic E-state index is 0.0244. The molecule has 0 aliphatic carbocycles. The first-order valence-corrected chi connectivity index (χ1v) is 7.83. The first-order valence-electron chi connectivity index (χ1n) is 7.04. The number of rotatable bonds is 5. The van der Waals surface area contributed by atoms with Gasteiger partial charge < -0.3 is 10.6 Å². The van der Waals surface area contributed by atoms with Gasteiger partial charge in [-0.1, -0.05) is 15.9 Å². The van der Waals surface area contributed by atoms with Crippen LogP contribution in [0.4, 0.5) is 11.4 Å². The number of nitriles is 1. The number of hydrogen-bond acceptors (Lipinski definition) is 4. The maximum Gasteiger partial charge on any atom is 0.267 e. The van der Waals surface area contributed by atoms with Gasteiger partial charge in [0.05, 0.1) is 0 Å². The zero-order valence-corrected chi connectivity index (χ0v) is 14.4. The summed E-state index contributed by atoms with van der Waals surface area (Å²) in [7, 11) is 0. The molecule has 2 N–H and O–H groups in total. The van der Waals surface area contributed by atoms with Gasteiger partial charge in [-0.15, -0.1) is 0 Å². The molecule has 0 radical (unpaired) electrons. The molecule has 5 nitrogen and oxygen atoms in total. The van der Waals surface area contributed by atoms with Crippen LogP contribution in [0.15, 0.2) is 64.8 Å². The third-order valence-electron chi connectivity index (χ3n) is 3.14. The molecule has 1 amide bonds. The van der Waals surface area contributed by atoms with Crippen molar-refractivity contribution < 1.29 is 9.59 Å². The summed E-state index contributed by atoms with van der Waals surface area (Å²) in [5.41, 5.74) is 1.80. The second-order valence-electron chi connectivity index (χ2n) is 4.91. The molecular formula is C18H14BrN3O2. The van der Waals surface area contributed by atoms with Crippen molar-refractivity contribution in [2.45, 2.75) is 6.92 Å². The maximum atomic E-state index is 12.1. The van der Waals surface area contributed by atoms with Gasteiger partial charge in [0.2, 0.25) is 0 Å².